The summed E-state index contributed by atoms with van der Waals surface area (Å²) in [6.45, 7) is 1.37. The number of carbonyl (C=O) groups is 3. The predicted molar refractivity (Wildman–Crippen MR) is 53.2 cm³/mol. The number of carbonyl (C=O) groups excluding carboxylic acids is 2. The van der Waals surface area contributed by atoms with Gasteiger partial charge in [0.25, 0.3) is 0 Å². The van der Waals surface area contributed by atoms with Gasteiger partial charge in [0.1, 0.15) is 6.54 Å². The lowest BCUT2D eigenvalue weighted by atomic mass is 10.2. The first-order valence-electron chi connectivity index (χ1n) is 4.81. The molecule has 0 saturated carbocycles. The van der Waals surface area contributed by atoms with Crippen molar-refractivity contribution in [3.63, 3.8) is 0 Å². The molecule has 0 atom stereocenters. The second-order valence-electron chi connectivity index (χ2n) is 3.05. The van der Waals surface area contributed by atoms with Gasteiger partial charge in [-0.1, -0.05) is 13.3 Å². The second-order valence-corrected chi connectivity index (χ2v) is 3.05. The molecule has 6 nitrogen and oxygen atoms in total. The molecule has 0 aromatic heterocycles. The molecule has 0 spiro atoms. The van der Waals surface area contributed by atoms with E-state index in [2.05, 4.69) is 10.6 Å². The molecule has 0 unspecified atom stereocenters. The maximum atomic E-state index is 11.0. The van der Waals surface area contributed by atoms with Gasteiger partial charge in [-0.05, 0) is 6.42 Å². The third-order valence-electron chi connectivity index (χ3n) is 1.64. The molecule has 0 rings (SSSR count). The molecule has 0 heterocycles. The Balaban J connectivity index is 3.53. The second kappa shape index (κ2) is 7.78. The molecule has 2 amide bonds. The molecule has 3 N–H and O–H groups in total. The van der Waals surface area contributed by atoms with Gasteiger partial charge < -0.3 is 15.7 Å². The van der Waals surface area contributed by atoms with Crippen LogP contribution in [0.4, 0.5) is 0 Å². The van der Waals surface area contributed by atoms with Gasteiger partial charge in [0.15, 0.2) is 0 Å². The Morgan fingerprint density at radius 3 is 2.20 bits per heavy atom. The number of carboxylic acid groups (broad SMARTS) is 1. The highest BCUT2D eigenvalue weighted by atomic mass is 16.4. The van der Waals surface area contributed by atoms with Crippen LogP contribution in [-0.2, 0) is 14.4 Å². The fraction of sp³-hybridized carbons (Fsp3) is 0.667. The van der Waals surface area contributed by atoms with Crippen LogP contribution >= 0.6 is 0 Å². The first kappa shape index (κ1) is 13.4. The normalized spacial score (nSPS) is 9.40. The Labute approximate surface area is 88.0 Å². The van der Waals surface area contributed by atoms with Crippen LogP contribution in [0.2, 0.25) is 0 Å². The molecule has 15 heavy (non-hydrogen) atoms. The van der Waals surface area contributed by atoms with E-state index in [-0.39, 0.29) is 12.5 Å². The van der Waals surface area contributed by atoms with E-state index in [4.69, 9.17) is 5.11 Å². The van der Waals surface area contributed by atoms with Gasteiger partial charge in [-0.25, -0.2) is 0 Å². The van der Waals surface area contributed by atoms with Gasteiger partial charge >= 0.3 is 5.97 Å². The Hall–Kier alpha value is -1.59. The number of nitrogens with one attached hydrogen (secondary N) is 2. The van der Waals surface area contributed by atoms with Crippen LogP contribution in [0.5, 0.6) is 0 Å². The van der Waals surface area contributed by atoms with Crippen LogP contribution in [0.3, 0.4) is 0 Å². The smallest absolute Gasteiger partial charge is 0.322 e. The van der Waals surface area contributed by atoms with Crippen molar-refractivity contribution in [3.05, 3.63) is 0 Å². The minimum Gasteiger partial charge on any atom is -0.480 e. The Kier molecular flexibility index (Phi) is 6.96. The molecule has 0 aliphatic rings. The zero-order valence-electron chi connectivity index (χ0n) is 8.71. The van der Waals surface area contributed by atoms with Crippen molar-refractivity contribution in [2.45, 2.75) is 26.2 Å². The van der Waals surface area contributed by atoms with Gasteiger partial charge in [0.05, 0.1) is 6.54 Å². The number of aliphatic carboxylic acids is 1. The van der Waals surface area contributed by atoms with Gasteiger partial charge in [0, 0.05) is 6.42 Å². The average molecular weight is 216 g/mol. The molecular formula is C9H16N2O4. The maximum Gasteiger partial charge on any atom is 0.322 e. The SMILES string of the molecule is CCCCC(=O)NCC(=O)NCC(=O)O. The lowest BCUT2D eigenvalue weighted by Gasteiger charge is -2.04. The zero-order chi connectivity index (χ0) is 11.7. The minimum absolute atomic E-state index is 0.171. The molecule has 0 bridgehead atoms. The molecule has 0 aliphatic heterocycles. The van der Waals surface area contributed by atoms with Crippen LogP contribution in [-0.4, -0.2) is 36.0 Å². The zero-order valence-corrected chi connectivity index (χ0v) is 8.71. The molecule has 0 saturated heterocycles. The van der Waals surface area contributed by atoms with Crippen molar-refractivity contribution in [2.24, 2.45) is 0 Å². The molecule has 6 heteroatoms. The summed E-state index contributed by atoms with van der Waals surface area (Å²) in [5.41, 5.74) is 0. The fourth-order valence-electron chi connectivity index (χ4n) is 0.841. The van der Waals surface area contributed by atoms with Crippen LogP contribution in [0.1, 0.15) is 26.2 Å². The van der Waals surface area contributed by atoms with Gasteiger partial charge in [-0.15, -0.1) is 0 Å². The molecular weight excluding hydrogens is 200 g/mol. The van der Waals surface area contributed by atoms with Crippen molar-refractivity contribution in [3.8, 4) is 0 Å². The number of hydrogen-bond acceptors (Lipinski definition) is 3. The summed E-state index contributed by atoms with van der Waals surface area (Å²) in [7, 11) is 0. The molecule has 86 valence electrons. The summed E-state index contributed by atoms with van der Waals surface area (Å²) >= 11 is 0. The highest BCUT2D eigenvalue weighted by Gasteiger charge is 2.05. The topological polar surface area (TPSA) is 95.5 Å². The summed E-state index contributed by atoms with van der Waals surface area (Å²) in [4.78, 5) is 32.1. The molecule has 0 aromatic rings. The van der Waals surface area contributed by atoms with Gasteiger partial charge in [-0.3, -0.25) is 14.4 Å². The van der Waals surface area contributed by atoms with Crippen LogP contribution in [0, 0.1) is 0 Å². The van der Waals surface area contributed by atoms with Crippen molar-refractivity contribution < 1.29 is 19.5 Å². The van der Waals surface area contributed by atoms with Crippen LogP contribution < -0.4 is 10.6 Å². The van der Waals surface area contributed by atoms with Crippen molar-refractivity contribution >= 4 is 17.8 Å². The predicted octanol–water partition coefficient (Wildman–Crippen LogP) is -0.506. The Morgan fingerprint density at radius 1 is 1.07 bits per heavy atom. The number of unbranched alkanes of at least 4 members (excludes halogenated alkanes) is 1. The van der Waals surface area contributed by atoms with Crippen LogP contribution in [0.15, 0.2) is 0 Å². The highest BCUT2D eigenvalue weighted by molar-refractivity contribution is 5.86. The summed E-state index contributed by atoms with van der Waals surface area (Å²) < 4.78 is 0. The summed E-state index contributed by atoms with van der Waals surface area (Å²) in [5.74, 6) is -1.80. The molecule has 0 fully saturated rings. The van der Waals surface area contributed by atoms with E-state index >= 15 is 0 Å². The summed E-state index contributed by atoms with van der Waals surface area (Å²) in [6, 6.07) is 0. The lowest BCUT2D eigenvalue weighted by molar-refractivity contribution is -0.137. The van der Waals surface area contributed by atoms with E-state index in [0.29, 0.717) is 6.42 Å². The number of carboxylic acids is 1. The number of amides is 2. The van der Waals surface area contributed by atoms with Crippen LogP contribution in [0.25, 0.3) is 0 Å². The van der Waals surface area contributed by atoms with Crippen molar-refractivity contribution in [2.75, 3.05) is 13.1 Å². The molecule has 0 aliphatic carbocycles. The monoisotopic (exact) mass is 216 g/mol. The minimum atomic E-state index is -1.11. The quantitative estimate of drug-likeness (QED) is 0.534. The number of hydrogen-bond donors (Lipinski definition) is 3. The lowest BCUT2D eigenvalue weighted by Crippen LogP contribution is -2.38. The molecule has 0 aromatic carbocycles. The van der Waals surface area contributed by atoms with E-state index < -0.39 is 18.4 Å². The van der Waals surface area contributed by atoms with E-state index in [1.807, 2.05) is 6.92 Å². The Bertz CT molecular complexity index is 240. The standard InChI is InChI=1S/C9H16N2O4/c1-2-3-4-7(12)10-5-8(13)11-6-9(14)15/h2-6H2,1H3,(H,10,12)(H,11,13)(H,14,15). The third kappa shape index (κ3) is 8.73. The first-order valence-corrected chi connectivity index (χ1v) is 4.81. The van der Waals surface area contributed by atoms with E-state index in [9.17, 15) is 14.4 Å². The fourth-order valence-corrected chi connectivity index (χ4v) is 0.841. The van der Waals surface area contributed by atoms with E-state index in [1.165, 1.54) is 0 Å². The van der Waals surface area contributed by atoms with Gasteiger partial charge in [-0.2, -0.15) is 0 Å². The first-order chi connectivity index (χ1) is 7.06. The molecule has 0 radical (unpaired) electrons. The maximum absolute atomic E-state index is 11.0. The van der Waals surface area contributed by atoms with Gasteiger partial charge in [0.2, 0.25) is 11.8 Å². The summed E-state index contributed by atoms with van der Waals surface area (Å²) in [6.07, 6.45) is 2.09. The average Bonchev–Trinajstić information content (AvgIpc) is 2.20. The van der Waals surface area contributed by atoms with Crippen molar-refractivity contribution in [1.82, 2.24) is 10.6 Å². The third-order valence-corrected chi connectivity index (χ3v) is 1.64. The Morgan fingerprint density at radius 2 is 1.67 bits per heavy atom. The van der Waals surface area contributed by atoms with E-state index in [1.54, 1.807) is 0 Å². The highest BCUT2D eigenvalue weighted by Crippen LogP contribution is 1.92. The largest absolute Gasteiger partial charge is 0.480 e. The number of rotatable bonds is 7. The van der Waals surface area contributed by atoms with Crippen molar-refractivity contribution in [1.29, 1.82) is 0 Å². The van der Waals surface area contributed by atoms with E-state index in [0.717, 1.165) is 12.8 Å². The summed E-state index contributed by atoms with van der Waals surface area (Å²) in [5, 5.41) is 12.8.